The molecule has 1 aromatic carbocycles. The number of carbonyl (C=O) groups is 1. The molecule has 4 nitrogen and oxygen atoms in total. The maximum absolute atomic E-state index is 11.5. The fourth-order valence-corrected chi connectivity index (χ4v) is 2.47. The number of anilines is 1. The number of methoxy groups -OCH3 is 1. The van der Waals surface area contributed by atoms with Crippen molar-refractivity contribution in [1.82, 2.24) is 5.32 Å². The highest BCUT2D eigenvalue weighted by Crippen LogP contribution is 2.29. The summed E-state index contributed by atoms with van der Waals surface area (Å²) in [7, 11) is 1.65. The lowest BCUT2D eigenvalue weighted by Crippen LogP contribution is -2.26. The number of rotatable bonds is 3. The SMILES string of the molecule is COc1ccc(Br)cc1NC1CCCNC(=O)C1. The van der Waals surface area contributed by atoms with Gasteiger partial charge in [0.1, 0.15) is 5.75 Å². The van der Waals surface area contributed by atoms with Crippen LogP contribution in [0.4, 0.5) is 5.69 Å². The highest BCUT2D eigenvalue weighted by molar-refractivity contribution is 9.10. The zero-order chi connectivity index (χ0) is 13.0. The Morgan fingerprint density at radius 2 is 2.33 bits per heavy atom. The fraction of sp³-hybridized carbons (Fsp3) is 0.462. The van der Waals surface area contributed by atoms with Gasteiger partial charge in [-0.1, -0.05) is 15.9 Å². The first-order chi connectivity index (χ1) is 8.69. The molecule has 1 atom stereocenters. The van der Waals surface area contributed by atoms with Gasteiger partial charge in [-0.3, -0.25) is 4.79 Å². The van der Waals surface area contributed by atoms with Gasteiger partial charge in [0, 0.05) is 23.5 Å². The van der Waals surface area contributed by atoms with E-state index < -0.39 is 0 Å². The molecule has 1 unspecified atom stereocenters. The monoisotopic (exact) mass is 312 g/mol. The Hall–Kier alpha value is -1.23. The topological polar surface area (TPSA) is 50.4 Å². The number of hydrogen-bond donors (Lipinski definition) is 2. The number of ether oxygens (including phenoxy) is 1. The van der Waals surface area contributed by atoms with E-state index in [0.717, 1.165) is 35.3 Å². The second kappa shape index (κ2) is 6.09. The molecule has 1 amide bonds. The van der Waals surface area contributed by atoms with Gasteiger partial charge >= 0.3 is 0 Å². The van der Waals surface area contributed by atoms with E-state index in [1.807, 2.05) is 18.2 Å². The molecule has 1 fully saturated rings. The standard InChI is InChI=1S/C13H17BrN2O2/c1-18-12-5-4-9(14)7-11(12)16-10-3-2-6-15-13(17)8-10/h4-5,7,10,16H,2-3,6,8H2,1H3,(H,15,17). The molecule has 1 aliphatic heterocycles. The predicted octanol–water partition coefficient (Wildman–Crippen LogP) is 2.54. The van der Waals surface area contributed by atoms with Crippen molar-refractivity contribution in [1.29, 1.82) is 0 Å². The average Bonchev–Trinajstić information content (AvgIpc) is 2.54. The Labute approximate surface area is 115 Å². The number of hydrogen-bond acceptors (Lipinski definition) is 3. The molecule has 1 aromatic rings. The van der Waals surface area contributed by atoms with E-state index >= 15 is 0 Å². The maximum Gasteiger partial charge on any atom is 0.222 e. The molecule has 0 aliphatic carbocycles. The molecule has 5 heteroatoms. The van der Waals surface area contributed by atoms with Gasteiger partial charge in [0.05, 0.1) is 12.8 Å². The van der Waals surface area contributed by atoms with Crippen LogP contribution in [-0.4, -0.2) is 25.6 Å². The maximum atomic E-state index is 11.5. The first kappa shape index (κ1) is 13.2. The lowest BCUT2D eigenvalue weighted by molar-refractivity contribution is -0.120. The van der Waals surface area contributed by atoms with Gasteiger partial charge in [0.25, 0.3) is 0 Å². The smallest absolute Gasteiger partial charge is 0.222 e. The first-order valence-electron chi connectivity index (χ1n) is 6.06. The van der Waals surface area contributed by atoms with Crippen molar-refractivity contribution in [2.24, 2.45) is 0 Å². The highest BCUT2D eigenvalue weighted by Gasteiger charge is 2.18. The van der Waals surface area contributed by atoms with Crippen molar-refractivity contribution >= 4 is 27.5 Å². The summed E-state index contributed by atoms with van der Waals surface area (Å²) in [4.78, 5) is 11.5. The minimum atomic E-state index is 0.110. The van der Waals surface area contributed by atoms with Crippen molar-refractivity contribution in [3.63, 3.8) is 0 Å². The molecule has 18 heavy (non-hydrogen) atoms. The van der Waals surface area contributed by atoms with Crippen molar-refractivity contribution in [2.45, 2.75) is 25.3 Å². The Morgan fingerprint density at radius 3 is 3.11 bits per heavy atom. The summed E-state index contributed by atoms with van der Waals surface area (Å²) in [5.74, 6) is 0.904. The zero-order valence-corrected chi connectivity index (χ0v) is 11.9. The third-order valence-electron chi connectivity index (χ3n) is 3.00. The normalized spacial score (nSPS) is 19.9. The second-order valence-corrected chi connectivity index (χ2v) is 5.30. The lowest BCUT2D eigenvalue weighted by atomic mass is 10.1. The zero-order valence-electron chi connectivity index (χ0n) is 10.3. The van der Waals surface area contributed by atoms with Crippen LogP contribution in [0.15, 0.2) is 22.7 Å². The molecule has 0 saturated carbocycles. The third kappa shape index (κ3) is 3.38. The third-order valence-corrected chi connectivity index (χ3v) is 3.50. The van der Waals surface area contributed by atoms with Gasteiger partial charge in [0.2, 0.25) is 5.91 Å². The minimum absolute atomic E-state index is 0.110. The first-order valence-corrected chi connectivity index (χ1v) is 6.85. The van der Waals surface area contributed by atoms with Crippen LogP contribution < -0.4 is 15.4 Å². The van der Waals surface area contributed by atoms with Crippen LogP contribution in [0, 0.1) is 0 Å². The summed E-state index contributed by atoms with van der Waals surface area (Å²) in [5.41, 5.74) is 0.923. The van der Waals surface area contributed by atoms with Crippen molar-refractivity contribution < 1.29 is 9.53 Å². The number of benzene rings is 1. The molecule has 2 N–H and O–H groups in total. The van der Waals surface area contributed by atoms with Crippen molar-refractivity contribution in [3.8, 4) is 5.75 Å². The molecule has 1 heterocycles. The van der Waals surface area contributed by atoms with Gasteiger partial charge in [-0.25, -0.2) is 0 Å². The van der Waals surface area contributed by atoms with Crippen LogP contribution in [0.5, 0.6) is 5.75 Å². The van der Waals surface area contributed by atoms with Crippen LogP contribution in [-0.2, 0) is 4.79 Å². The Balaban J connectivity index is 2.12. The van der Waals surface area contributed by atoms with Gasteiger partial charge in [-0.2, -0.15) is 0 Å². The van der Waals surface area contributed by atoms with Crippen LogP contribution in [0.25, 0.3) is 0 Å². The Morgan fingerprint density at radius 1 is 1.50 bits per heavy atom. The summed E-state index contributed by atoms with van der Waals surface area (Å²) in [6, 6.07) is 5.98. The van der Waals surface area contributed by atoms with Gasteiger partial charge in [0.15, 0.2) is 0 Å². The van der Waals surface area contributed by atoms with E-state index in [9.17, 15) is 4.79 Å². The van der Waals surface area contributed by atoms with Gasteiger partial charge < -0.3 is 15.4 Å². The number of carbonyl (C=O) groups excluding carboxylic acids is 1. The second-order valence-electron chi connectivity index (χ2n) is 4.38. The molecule has 98 valence electrons. The van der Waals surface area contributed by atoms with Crippen LogP contribution in [0.2, 0.25) is 0 Å². The Kier molecular flexibility index (Phi) is 4.47. The highest BCUT2D eigenvalue weighted by atomic mass is 79.9. The van der Waals surface area contributed by atoms with Crippen LogP contribution in [0.3, 0.4) is 0 Å². The number of amides is 1. The molecule has 0 radical (unpaired) electrons. The summed E-state index contributed by atoms with van der Waals surface area (Å²) in [5, 5.41) is 6.28. The largest absolute Gasteiger partial charge is 0.495 e. The quantitative estimate of drug-likeness (QED) is 0.901. The molecule has 0 spiro atoms. The van der Waals surface area contributed by atoms with E-state index in [1.165, 1.54) is 0 Å². The van der Waals surface area contributed by atoms with Crippen molar-refractivity contribution in [3.05, 3.63) is 22.7 Å². The van der Waals surface area contributed by atoms with E-state index in [4.69, 9.17) is 4.74 Å². The predicted molar refractivity (Wildman–Crippen MR) is 75.0 cm³/mol. The summed E-state index contributed by atoms with van der Waals surface area (Å²) < 4.78 is 6.31. The lowest BCUT2D eigenvalue weighted by Gasteiger charge is -2.19. The average molecular weight is 313 g/mol. The number of halogens is 1. The molecule has 0 bridgehead atoms. The van der Waals surface area contributed by atoms with Crippen molar-refractivity contribution in [2.75, 3.05) is 19.0 Å². The molecule has 1 aliphatic rings. The summed E-state index contributed by atoms with van der Waals surface area (Å²) in [6.07, 6.45) is 2.49. The summed E-state index contributed by atoms with van der Waals surface area (Å²) >= 11 is 3.44. The van der Waals surface area contributed by atoms with E-state index in [1.54, 1.807) is 7.11 Å². The molecule has 2 rings (SSSR count). The van der Waals surface area contributed by atoms with E-state index in [2.05, 4.69) is 26.6 Å². The molecule has 0 aromatic heterocycles. The minimum Gasteiger partial charge on any atom is -0.495 e. The Bertz CT molecular complexity index is 437. The van der Waals surface area contributed by atoms with Gasteiger partial charge in [-0.05, 0) is 31.0 Å². The fourth-order valence-electron chi connectivity index (χ4n) is 2.11. The van der Waals surface area contributed by atoms with Gasteiger partial charge in [-0.15, -0.1) is 0 Å². The van der Waals surface area contributed by atoms with E-state index in [0.29, 0.717) is 6.42 Å². The van der Waals surface area contributed by atoms with E-state index in [-0.39, 0.29) is 11.9 Å². The molecular formula is C13H17BrN2O2. The van der Waals surface area contributed by atoms with Crippen LogP contribution in [0.1, 0.15) is 19.3 Å². The van der Waals surface area contributed by atoms with Crippen LogP contribution >= 0.6 is 15.9 Å². The summed E-state index contributed by atoms with van der Waals surface area (Å²) in [6.45, 7) is 0.770. The number of nitrogens with one attached hydrogen (secondary N) is 2. The molecule has 1 saturated heterocycles. The molecular weight excluding hydrogens is 296 g/mol.